The van der Waals surface area contributed by atoms with Crippen molar-refractivity contribution in [3.63, 3.8) is 0 Å². The molecule has 0 spiro atoms. The van der Waals surface area contributed by atoms with Crippen LogP contribution in [-0.2, 0) is 4.79 Å². The third-order valence-corrected chi connectivity index (χ3v) is 3.23. The third kappa shape index (κ3) is 3.16. The van der Waals surface area contributed by atoms with E-state index in [4.69, 9.17) is 0 Å². The van der Waals surface area contributed by atoms with Crippen LogP contribution in [0.3, 0.4) is 0 Å². The van der Waals surface area contributed by atoms with E-state index in [9.17, 15) is 4.79 Å². The number of ketones is 1. The minimum atomic E-state index is 0.208. The molecule has 0 bridgehead atoms. The van der Waals surface area contributed by atoms with Gasteiger partial charge in [-0.25, -0.2) is 0 Å². The molecule has 0 unspecified atom stereocenters. The summed E-state index contributed by atoms with van der Waals surface area (Å²) < 4.78 is 0. The first-order valence-electron chi connectivity index (χ1n) is 6.24. The van der Waals surface area contributed by atoms with Crippen LogP contribution in [0.2, 0.25) is 0 Å². The smallest absolute Gasteiger partial charge is 0.161 e. The Morgan fingerprint density at radius 3 is 2.76 bits per heavy atom. The molecule has 0 N–H and O–H groups in total. The predicted octanol–water partition coefficient (Wildman–Crippen LogP) is 4.02. The molecule has 0 saturated heterocycles. The number of allylic oxidation sites excluding steroid dienone is 3. The summed E-state index contributed by atoms with van der Waals surface area (Å²) in [6.07, 6.45) is 9.12. The predicted molar refractivity (Wildman–Crippen MR) is 71.6 cm³/mol. The van der Waals surface area contributed by atoms with Gasteiger partial charge in [0.2, 0.25) is 0 Å². The second-order valence-corrected chi connectivity index (χ2v) is 4.62. The van der Waals surface area contributed by atoms with Crippen LogP contribution in [0.15, 0.2) is 48.1 Å². The van der Waals surface area contributed by atoms with Gasteiger partial charge in [-0.15, -0.1) is 0 Å². The van der Waals surface area contributed by atoms with Crippen molar-refractivity contribution < 1.29 is 4.79 Å². The van der Waals surface area contributed by atoms with E-state index in [2.05, 4.69) is 12.1 Å². The molecule has 2 rings (SSSR count). The van der Waals surface area contributed by atoms with Crippen LogP contribution < -0.4 is 0 Å². The monoisotopic (exact) mass is 226 g/mol. The van der Waals surface area contributed by atoms with E-state index in [1.807, 2.05) is 43.4 Å². The van der Waals surface area contributed by atoms with E-state index in [0.29, 0.717) is 5.78 Å². The Labute approximate surface area is 103 Å². The van der Waals surface area contributed by atoms with Gasteiger partial charge in [0.05, 0.1) is 0 Å². The third-order valence-electron chi connectivity index (χ3n) is 3.23. The number of benzene rings is 1. The van der Waals surface area contributed by atoms with E-state index >= 15 is 0 Å². The molecule has 1 heteroatoms. The number of hydrogen-bond donors (Lipinski definition) is 0. The fourth-order valence-electron chi connectivity index (χ4n) is 2.17. The summed E-state index contributed by atoms with van der Waals surface area (Å²) >= 11 is 0. The lowest BCUT2D eigenvalue weighted by atomic mass is 9.85. The van der Waals surface area contributed by atoms with Gasteiger partial charge in [-0.3, -0.25) is 4.79 Å². The summed E-state index contributed by atoms with van der Waals surface area (Å²) in [6.45, 7) is 2.02. The van der Waals surface area contributed by atoms with Crippen molar-refractivity contribution in [2.24, 2.45) is 5.92 Å². The Morgan fingerprint density at radius 2 is 2.00 bits per heavy atom. The van der Waals surface area contributed by atoms with Crippen molar-refractivity contribution in [1.29, 1.82) is 0 Å². The van der Waals surface area contributed by atoms with Gasteiger partial charge in [0.1, 0.15) is 0 Å². The van der Waals surface area contributed by atoms with Gasteiger partial charge in [0.15, 0.2) is 5.78 Å². The highest BCUT2D eigenvalue weighted by Gasteiger charge is 2.21. The summed E-state index contributed by atoms with van der Waals surface area (Å²) in [5, 5.41) is 0. The molecule has 0 amide bonds. The van der Waals surface area contributed by atoms with Gasteiger partial charge in [0, 0.05) is 5.92 Å². The van der Waals surface area contributed by atoms with Crippen LogP contribution in [0.5, 0.6) is 0 Å². The zero-order chi connectivity index (χ0) is 12.1. The lowest BCUT2D eigenvalue weighted by Crippen LogP contribution is -2.18. The zero-order valence-corrected chi connectivity index (χ0v) is 10.2. The van der Waals surface area contributed by atoms with Gasteiger partial charge < -0.3 is 0 Å². The van der Waals surface area contributed by atoms with E-state index in [0.717, 1.165) is 24.8 Å². The van der Waals surface area contributed by atoms with Gasteiger partial charge in [0.25, 0.3) is 0 Å². The maximum atomic E-state index is 11.9. The number of carbonyl (C=O) groups is 1. The van der Waals surface area contributed by atoms with Crippen LogP contribution in [0, 0.1) is 5.92 Å². The standard InChI is InChI=1S/C16H18O/c1-13-7-5-11-15(16(13)17)12-6-10-14-8-3-2-4-9-14/h2-4,6,8-10,12-13H,5,7,11H2,1H3/b10-6+,15-12+/t13-/m0/s1. The molecule has 1 atom stereocenters. The molecule has 1 aromatic rings. The highest BCUT2D eigenvalue weighted by molar-refractivity contribution is 5.97. The molecule has 0 radical (unpaired) electrons. The number of carbonyl (C=O) groups excluding carboxylic acids is 1. The van der Waals surface area contributed by atoms with E-state index in [1.165, 1.54) is 5.56 Å². The lowest BCUT2D eigenvalue weighted by molar-refractivity contribution is -0.119. The average Bonchev–Trinajstić information content (AvgIpc) is 2.36. The summed E-state index contributed by atoms with van der Waals surface area (Å²) in [7, 11) is 0. The summed E-state index contributed by atoms with van der Waals surface area (Å²) in [5.41, 5.74) is 2.15. The first kappa shape index (κ1) is 11.8. The van der Waals surface area contributed by atoms with E-state index < -0.39 is 0 Å². The number of Topliss-reactive ketones (excluding diaryl/α,β-unsaturated/α-hetero) is 1. The Hall–Kier alpha value is -1.63. The number of rotatable bonds is 2. The molecule has 1 nitrogen and oxygen atoms in total. The topological polar surface area (TPSA) is 17.1 Å². The van der Waals surface area contributed by atoms with Gasteiger partial charge in [-0.05, 0) is 30.4 Å². The highest BCUT2D eigenvalue weighted by atomic mass is 16.1. The highest BCUT2D eigenvalue weighted by Crippen LogP contribution is 2.24. The zero-order valence-electron chi connectivity index (χ0n) is 10.2. The first-order chi connectivity index (χ1) is 8.27. The van der Waals surface area contributed by atoms with Crippen LogP contribution in [0.4, 0.5) is 0 Å². The fourth-order valence-corrected chi connectivity index (χ4v) is 2.17. The minimum Gasteiger partial charge on any atom is -0.294 e. The van der Waals surface area contributed by atoms with E-state index in [1.54, 1.807) is 0 Å². The second-order valence-electron chi connectivity index (χ2n) is 4.62. The molecule has 88 valence electrons. The lowest BCUT2D eigenvalue weighted by Gasteiger charge is -2.18. The van der Waals surface area contributed by atoms with Gasteiger partial charge >= 0.3 is 0 Å². The van der Waals surface area contributed by atoms with Gasteiger partial charge in [-0.1, -0.05) is 55.5 Å². The van der Waals surface area contributed by atoms with E-state index in [-0.39, 0.29) is 5.92 Å². The Kier molecular flexibility index (Phi) is 3.92. The molecule has 1 aromatic carbocycles. The maximum Gasteiger partial charge on any atom is 0.161 e. The van der Waals surface area contributed by atoms with Crippen molar-refractivity contribution in [2.45, 2.75) is 26.2 Å². The van der Waals surface area contributed by atoms with Crippen molar-refractivity contribution in [3.8, 4) is 0 Å². The molecular weight excluding hydrogens is 208 g/mol. The number of hydrogen-bond acceptors (Lipinski definition) is 1. The van der Waals surface area contributed by atoms with Crippen molar-refractivity contribution in [3.05, 3.63) is 53.6 Å². The first-order valence-corrected chi connectivity index (χ1v) is 6.24. The quantitative estimate of drug-likeness (QED) is 0.696. The van der Waals surface area contributed by atoms with Crippen molar-refractivity contribution >= 4 is 11.9 Å². The molecule has 0 aliphatic heterocycles. The maximum absolute atomic E-state index is 11.9. The molecule has 0 heterocycles. The van der Waals surface area contributed by atoms with Crippen molar-refractivity contribution in [1.82, 2.24) is 0 Å². The van der Waals surface area contributed by atoms with Crippen LogP contribution in [0.1, 0.15) is 31.7 Å². The summed E-state index contributed by atoms with van der Waals surface area (Å²) in [4.78, 5) is 11.9. The van der Waals surface area contributed by atoms with Crippen LogP contribution in [-0.4, -0.2) is 5.78 Å². The van der Waals surface area contributed by atoms with Gasteiger partial charge in [-0.2, -0.15) is 0 Å². The Balaban J connectivity index is 2.05. The molecular formula is C16H18O. The van der Waals surface area contributed by atoms with Crippen molar-refractivity contribution in [2.75, 3.05) is 0 Å². The fraction of sp³-hybridized carbons (Fsp3) is 0.312. The molecule has 17 heavy (non-hydrogen) atoms. The summed E-state index contributed by atoms with van der Waals surface area (Å²) in [6, 6.07) is 10.1. The average molecular weight is 226 g/mol. The molecule has 1 fully saturated rings. The Bertz CT molecular complexity index is 440. The van der Waals surface area contributed by atoms with Crippen LogP contribution >= 0.6 is 0 Å². The normalized spacial score (nSPS) is 23.5. The molecule has 1 aliphatic rings. The largest absolute Gasteiger partial charge is 0.294 e. The molecule has 1 aliphatic carbocycles. The second kappa shape index (κ2) is 5.62. The SMILES string of the molecule is C[C@H]1CCC/C(=C\C=C\c2ccccc2)C1=O. The Morgan fingerprint density at radius 1 is 1.24 bits per heavy atom. The molecule has 0 aromatic heterocycles. The van der Waals surface area contributed by atoms with Crippen LogP contribution in [0.25, 0.3) is 6.08 Å². The minimum absolute atomic E-state index is 0.208. The summed E-state index contributed by atoms with van der Waals surface area (Å²) in [5.74, 6) is 0.536. The molecule has 1 saturated carbocycles.